The van der Waals surface area contributed by atoms with E-state index in [4.69, 9.17) is 4.74 Å². The van der Waals surface area contributed by atoms with E-state index in [1.165, 1.54) is 12.1 Å². The summed E-state index contributed by atoms with van der Waals surface area (Å²) in [7, 11) is 1.73. The molecule has 0 spiro atoms. The maximum atomic E-state index is 12.5. The van der Waals surface area contributed by atoms with Crippen molar-refractivity contribution >= 4 is 6.09 Å². The molecule has 1 aliphatic rings. The molecule has 3 aromatic rings. The Labute approximate surface area is 211 Å². The van der Waals surface area contributed by atoms with Crippen molar-refractivity contribution in [1.29, 1.82) is 5.26 Å². The van der Waals surface area contributed by atoms with Crippen LogP contribution >= 0.6 is 0 Å². The van der Waals surface area contributed by atoms with Crippen LogP contribution in [-0.4, -0.2) is 28.2 Å². The first kappa shape index (κ1) is 26.7. The summed E-state index contributed by atoms with van der Waals surface area (Å²) >= 11 is 0. The standard InChI is InChI=1S/C23H27N3O3.C6H5F/c1-16(26-12-11-20(29-22(26)28)13-23(2,3)15-24)17-5-7-18(8-6-17)19-9-10-21(27)25(4)14-19;7-6-4-2-1-3-5-6/h5-10,14,16,20H,11-13H2,1-4H3;1-5H/t16-,20-;/m0./s1. The fraction of sp³-hybridized carbons (Fsp3) is 0.345. The number of aryl methyl sites for hydroxylation is 1. The molecule has 4 rings (SSSR count). The summed E-state index contributed by atoms with van der Waals surface area (Å²) in [5.41, 5.74) is 2.45. The summed E-state index contributed by atoms with van der Waals surface area (Å²) in [6, 6.07) is 21.5. The lowest BCUT2D eigenvalue weighted by Crippen LogP contribution is -2.44. The highest BCUT2D eigenvalue weighted by Gasteiger charge is 2.34. The van der Waals surface area contributed by atoms with Gasteiger partial charge in [0.1, 0.15) is 11.9 Å². The Bertz CT molecular complexity index is 1260. The molecule has 7 heteroatoms. The molecule has 36 heavy (non-hydrogen) atoms. The van der Waals surface area contributed by atoms with E-state index in [-0.39, 0.29) is 29.6 Å². The van der Waals surface area contributed by atoms with Crippen LogP contribution in [0, 0.1) is 22.6 Å². The van der Waals surface area contributed by atoms with Gasteiger partial charge in [0.15, 0.2) is 0 Å². The molecule has 1 saturated heterocycles. The lowest BCUT2D eigenvalue weighted by Gasteiger charge is -2.37. The Morgan fingerprint density at radius 2 is 1.69 bits per heavy atom. The first-order valence-electron chi connectivity index (χ1n) is 12.0. The zero-order valence-electron chi connectivity index (χ0n) is 21.1. The highest BCUT2D eigenvalue weighted by atomic mass is 19.1. The Balaban J connectivity index is 0.000000444. The fourth-order valence-electron chi connectivity index (χ4n) is 4.07. The molecule has 1 fully saturated rings. The molecule has 0 N–H and O–H groups in total. The van der Waals surface area contributed by atoms with Gasteiger partial charge in [-0.2, -0.15) is 5.26 Å². The van der Waals surface area contributed by atoms with Gasteiger partial charge in [-0.3, -0.25) is 4.79 Å². The molecular weight excluding hydrogens is 457 g/mol. The quantitative estimate of drug-likeness (QED) is 0.435. The number of rotatable bonds is 5. The van der Waals surface area contributed by atoms with Crippen LogP contribution in [0.1, 0.15) is 45.2 Å². The maximum absolute atomic E-state index is 12.5. The molecule has 2 aromatic carbocycles. The van der Waals surface area contributed by atoms with Crippen LogP contribution in [0.15, 0.2) is 77.7 Å². The number of amides is 1. The summed E-state index contributed by atoms with van der Waals surface area (Å²) in [4.78, 5) is 25.8. The van der Waals surface area contributed by atoms with Gasteiger partial charge in [-0.25, -0.2) is 9.18 Å². The molecule has 188 valence electrons. The zero-order valence-corrected chi connectivity index (χ0v) is 21.1. The van der Waals surface area contributed by atoms with Gasteiger partial charge in [0.2, 0.25) is 5.56 Å². The van der Waals surface area contributed by atoms with Crippen LogP contribution in [0.5, 0.6) is 0 Å². The molecule has 0 aliphatic carbocycles. The van der Waals surface area contributed by atoms with Crippen molar-refractivity contribution in [2.24, 2.45) is 12.5 Å². The number of hydrogen-bond donors (Lipinski definition) is 0. The van der Waals surface area contributed by atoms with E-state index in [0.717, 1.165) is 23.1 Å². The largest absolute Gasteiger partial charge is 0.446 e. The summed E-state index contributed by atoms with van der Waals surface area (Å²) in [5, 5.41) is 9.20. The second-order valence-electron chi connectivity index (χ2n) is 9.65. The van der Waals surface area contributed by atoms with Gasteiger partial charge in [-0.15, -0.1) is 0 Å². The number of nitrogens with zero attached hydrogens (tertiary/aromatic N) is 3. The van der Waals surface area contributed by atoms with Gasteiger partial charge in [0.05, 0.1) is 17.5 Å². The molecule has 0 saturated carbocycles. The van der Waals surface area contributed by atoms with Gasteiger partial charge < -0.3 is 14.2 Å². The number of cyclic esters (lactones) is 1. The minimum Gasteiger partial charge on any atom is -0.446 e. The molecule has 0 bridgehead atoms. The molecule has 0 unspecified atom stereocenters. The normalized spacial score (nSPS) is 16.3. The number of hydrogen-bond acceptors (Lipinski definition) is 4. The van der Waals surface area contributed by atoms with E-state index < -0.39 is 5.41 Å². The van der Waals surface area contributed by atoms with Crippen LogP contribution in [0.3, 0.4) is 0 Å². The smallest absolute Gasteiger partial charge is 0.410 e. The van der Waals surface area contributed by atoms with Crippen LogP contribution in [0.2, 0.25) is 0 Å². The van der Waals surface area contributed by atoms with Crippen molar-refractivity contribution < 1.29 is 13.9 Å². The molecule has 6 nitrogen and oxygen atoms in total. The summed E-state index contributed by atoms with van der Waals surface area (Å²) in [6.07, 6.45) is 2.53. The monoisotopic (exact) mass is 489 g/mol. The average molecular weight is 490 g/mol. The topological polar surface area (TPSA) is 75.3 Å². The average Bonchev–Trinajstić information content (AvgIpc) is 2.86. The van der Waals surface area contributed by atoms with Gasteiger partial charge in [0, 0.05) is 38.7 Å². The van der Waals surface area contributed by atoms with Crippen LogP contribution in [0.4, 0.5) is 9.18 Å². The highest BCUT2D eigenvalue weighted by Crippen LogP contribution is 2.31. The molecule has 1 amide bonds. The Morgan fingerprint density at radius 1 is 1.06 bits per heavy atom. The van der Waals surface area contributed by atoms with Gasteiger partial charge in [-0.1, -0.05) is 42.5 Å². The molecule has 2 heterocycles. The second kappa shape index (κ2) is 11.7. The van der Waals surface area contributed by atoms with Crippen LogP contribution in [-0.2, 0) is 11.8 Å². The molecule has 0 radical (unpaired) electrons. The van der Waals surface area contributed by atoms with Gasteiger partial charge in [0.25, 0.3) is 0 Å². The Hall–Kier alpha value is -3.92. The molecule has 2 atom stereocenters. The molecular formula is C29H32FN3O3. The number of pyridine rings is 1. The predicted octanol–water partition coefficient (Wildman–Crippen LogP) is 6.09. The number of benzene rings is 2. The fourth-order valence-corrected chi connectivity index (χ4v) is 4.07. The van der Waals surface area contributed by atoms with E-state index in [2.05, 4.69) is 6.07 Å². The molecule has 1 aromatic heterocycles. The third kappa shape index (κ3) is 7.05. The highest BCUT2D eigenvalue weighted by molar-refractivity contribution is 5.69. The van der Waals surface area contributed by atoms with Gasteiger partial charge in [-0.05, 0) is 55.7 Å². The second-order valence-corrected chi connectivity index (χ2v) is 9.65. The molecule has 1 aliphatic heterocycles. The van der Waals surface area contributed by atoms with E-state index >= 15 is 0 Å². The first-order chi connectivity index (χ1) is 17.1. The van der Waals surface area contributed by atoms with Crippen molar-refractivity contribution in [1.82, 2.24) is 9.47 Å². The number of nitriles is 1. The van der Waals surface area contributed by atoms with Crippen molar-refractivity contribution in [3.8, 4) is 17.2 Å². The van der Waals surface area contributed by atoms with Crippen molar-refractivity contribution in [2.45, 2.75) is 45.8 Å². The van der Waals surface area contributed by atoms with Gasteiger partial charge >= 0.3 is 6.09 Å². The number of aromatic nitrogens is 1. The minimum atomic E-state index is -0.504. The Morgan fingerprint density at radius 3 is 2.22 bits per heavy atom. The first-order valence-corrected chi connectivity index (χ1v) is 12.0. The third-order valence-electron chi connectivity index (χ3n) is 6.25. The number of ether oxygens (including phenoxy) is 1. The number of carbonyl (C=O) groups excluding carboxylic acids is 1. The zero-order chi connectivity index (χ0) is 26.3. The maximum Gasteiger partial charge on any atom is 0.410 e. The van der Waals surface area contributed by atoms with E-state index in [1.807, 2.05) is 57.3 Å². The van der Waals surface area contributed by atoms with Crippen LogP contribution < -0.4 is 5.56 Å². The van der Waals surface area contributed by atoms with E-state index in [9.17, 15) is 19.2 Å². The van der Waals surface area contributed by atoms with Crippen LogP contribution in [0.25, 0.3) is 11.1 Å². The van der Waals surface area contributed by atoms with Crippen molar-refractivity contribution in [2.75, 3.05) is 6.54 Å². The summed E-state index contributed by atoms with van der Waals surface area (Å²) in [6.45, 7) is 6.32. The van der Waals surface area contributed by atoms with E-state index in [1.54, 1.807) is 40.8 Å². The summed E-state index contributed by atoms with van der Waals surface area (Å²) < 4.78 is 19.1. The predicted molar refractivity (Wildman–Crippen MR) is 138 cm³/mol. The summed E-state index contributed by atoms with van der Waals surface area (Å²) in [5.74, 6) is -0.178. The SMILES string of the molecule is C[C@@H](c1ccc(-c2ccc(=O)n(C)c2)cc1)N1CC[C@@H](CC(C)(C)C#N)OC1=O.Fc1ccccc1. The van der Waals surface area contributed by atoms with Crippen molar-refractivity contribution in [3.05, 3.63) is 94.7 Å². The Kier molecular flexibility index (Phi) is 8.65. The minimum absolute atomic E-state index is 0.0425. The third-order valence-corrected chi connectivity index (χ3v) is 6.25. The van der Waals surface area contributed by atoms with Crippen molar-refractivity contribution in [3.63, 3.8) is 0 Å². The lowest BCUT2D eigenvalue weighted by atomic mass is 9.87. The van der Waals surface area contributed by atoms with E-state index in [0.29, 0.717) is 13.0 Å². The number of halogens is 1. The lowest BCUT2D eigenvalue weighted by molar-refractivity contribution is 0.000797. The number of carbonyl (C=O) groups is 1.